The van der Waals surface area contributed by atoms with Crippen molar-refractivity contribution in [3.05, 3.63) is 60.2 Å². The van der Waals surface area contributed by atoms with E-state index in [9.17, 15) is 4.79 Å². The highest BCUT2D eigenvalue weighted by Gasteiger charge is 2.40. The van der Waals surface area contributed by atoms with Gasteiger partial charge in [-0.05, 0) is 69.1 Å². The summed E-state index contributed by atoms with van der Waals surface area (Å²) in [5, 5.41) is 3.27. The fourth-order valence-electron chi connectivity index (χ4n) is 4.11. The minimum Gasteiger partial charge on any atom is -0.457 e. The summed E-state index contributed by atoms with van der Waals surface area (Å²) in [6.07, 6.45) is 2.37. The molecule has 2 atom stereocenters. The fourth-order valence-corrected chi connectivity index (χ4v) is 4.11. The van der Waals surface area contributed by atoms with E-state index in [1.807, 2.05) is 54.6 Å². The first-order valence-corrected chi connectivity index (χ1v) is 9.08. The normalized spacial score (nSPS) is 27.7. The van der Waals surface area contributed by atoms with E-state index in [1.165, 1.54) is 25.9 Å². The van der Waals surface area contributed by atoms with Crippen molar-refractivity contribution in [3.8, 4) is 11.5 Å². The van der Waals surface area contributed by atoms with E-state index in [0.29, 0.717) is 23.3 Å². The molecule has 0 unspecified atom stereocenters. The second-order valence-corrected chi connectivity index (χ2v) is 7.06. The van der Waals surface area contributed by atoms with E-state index >= 15 is 0 Å². The summed E-state index contributed by atoms with van der Waals surface area (Å²) < 4.78 is 5.84. The van der Waals surface area contributed by atoms with Gasteiger partial charge in [-0.3, -0.25) is 9.69 Å². The molecule has 2 aromatic rings. The highest BCUT2D eigenvalue weighted by molar-refractivity contribution is 5.94. The second kappa shape index (κ2) is 6.89. The third kappa shape index (κ3) is 3.40. The maximum atomic E-state index is 12.8. The molecule has 130 valence electrons. The molecule has 3 heterocycles. The Morgan fingerprint density at radius 3 is 2.48 bits per heavy atom. The van der Waals surface area contributed by atoms with Gasteiger partial charge in [-0.25, -0.2) is 0 Å². The van der Waals surface area contributed by atoms with Crippen LogP contribution >= 0.6 is 0 Å². The summed E-state index contributed by atoms with van der Waals surface area (Å²) in [7, 11) is 0. The molecule has 3 fully saturated rings. The predicted octanol–water partition coefficient (Wildman–Crippen LogP) is 3.69. The number of piperidine rings is 3. The molecule has 4 heteroatoms. The number of nitrogens with one attached hydrogen (secondary N) is 1. The van der Waals surface area contributed by atoms with Gasteiger partial charge in [-0.1, -0.05) is 24.3 Å². The number of nitrogens with zero attached hydrogens (tertiary/aromatic N) is 1. The topological polar surface area (TPSA) is 41.6 Å². The molecule has 1 amide bonds. The van der Waals surface area contributed by atoms with Crippen molar-refractivity contribution in [2.45, 2.75) is 31.8 Å². The van der Waals surface area contributed by atoms with Gasteiger partial charge < -0.3 is 10.1 Å². The third-order valence-corrected chi connectivity index (χ3v) is 5.55. The molecule has 4 nitrogen and oxygen atoms in total. The van der Waals surface area contributed by atoms with Crippen molar-refractivity contribution in [1.29, 1.82) is 0 Å². The maximum Gasteiger partial charge on any atom is 0.251 e. The summed E-state index contributed by atoms with van der Waals surface area (Å²) in [4.78, 5) is 15.2. The molecule has 2 aromatic carbocycles. The fraction of sp³-hybridized carbons (Fsp3) is 0.381. The largest absolute Gasteiger partial charge is 0.457 e. The Balaban J connectivity index is 1.46. The minimum absolute atomic E-state index is 0.0101. The van der Waals surface area contributed by atoms with Gasteiger partial charge in [0, 0.05) is 17.6 Å². The van der Waals surface area contributed by atoms with Gasteiger partial charge in [0.15, 0.2) is 0 Å². The van der Waals surface area contributed by atoms with Crippen LogP contribution in [-0.4, -0.2) is 36.0 Å². The highest BCUT2D eigenvalue weighted by atomic mass is 16.5. The van der Waals surface area contributed by atoms with Crippen LogP contribution in [0.2, 0.25) is 0 Å². The van der Waals surface area contributed by atoms with E-state index < -0.39 is 0 Å². The zero-order valence-electron chi connectivity index (χ0n) is 14.5. The molecule has 1 N–H and O–H groups in total. The zero-order chi connectivity index (χ0) is 17.2. The average Bonchev–Trinajstić information content (AvgIpc) is 2.66. The number of rotatable bonds is 4. The van der Waals surface area contributed by atoms with Gasteiger partial charge in [0.25, 0.3) is 5.91 Å². The Bertz CT molecular complexity index is 737. The van der Waals surface area contributed by atoms with Crippen molar-refractivity contribution in [2.75, 3.05) is 13.1 Å². The van der Waals surface area contributed by atoms with Crippen LogP contribution in [0.3, 0.4) is 0 Å². The number of amides is 1. The molecule has 0 radical (unpaired) electrons. The van der Waals surface area contributed by atoms with Gasteiger partial charge in [-0.15, -0.1) is 0 Å². The van der Waals surface area contributed by atoms with Gasteiger partial charge in [0.1, 0.15) is 11.5 Å². The second-order valence-electron chi connectivity index (χ2n) is 7.06. The van der Waals surface area contributed by atoms with Crippen molar-refractivity contribution in [2.24, 2.45) is 5.92 Å². The number of ether oxygens (including phenoxy) is 1. The molecule has 3 aliphatic rings. The molecule has 0 spiro atoms. The first kappa shape index (κ1) is 16.2. The number of carbonyl (C=O) groups excluding carboxylic acids is 1. The van der Waals surface area contributed by atoms with Crippen LogP contribution in [0.15, 0.2) is 54.6 Å². The summed E-state index contributed by atoms with van der Waals surface area (Å²) in [6, 6.07) is 17.7. The van der Waals surface area contributed by atoms with Gasteiger partial charge in [0.2, 0.25) is 0 Å². The van der Waals surface area contributed by atoms with Crippen LogP contribution in [0.25, 0.3) is 0 Å². The lowest BCUT2D eigenvalue weighted by Gasteiger charge is -2.49. The standard InChI is InChI=1S/C21H24N2O2/c1-15-20(16-10-12-23(15)13-11-16)22-21(24)17-6-5-9-19(14-17)25-18-7-3-2-4-8-18/h2-9,14-16,20H,10-13H2,1H3,(H,22,24)/t15-,20-/m0/s1. The van der Waals surface area contributed by atoms with Crippen LogP contribution in [-0.2, 0) is 0 Å². The minimum atomic E-state index is -0.0101. The molecule has 5 rings (SSSR count). The average molecular weight is 336 g/mol. The number of carbonyl (C=O) groups is 1. The van der Waals surface area contributed by atoms with Gasteiger partial charge in [-0.2, -0.15) is 0 Å². The maximum absolute atomic E-state index is 12.8. The lowest BCUT2D eigenvalue weighted by atomic mass is 9.79. The number of hydrogen-bond acceptors (Lipinski definition) is 3. The predicted molar refractivity (Wildman–Crippen MR) is 98.0 cm³/mol. The van der Waals surface area contributed by atoms with Gasteiger partial charge >= 0.3 is 0 Å². The number of benzene rings is 2. The Kier molecular flexibility index (Phi) is 4.45. The summed E-state index contributed by atoms with van der Waals surface area (Å²) >= 11 is 0. The molecule has 3 aliphatic heterocycles. The smallest absolute Gasteiger partial charge is 0.251 e. The van der Waals surface area contributed by atoms with Crippen molar-refractivity contribution in [3.63, 3.8) is 0 Å². The molecule has 2 bridgehead atoms. The van der Waals surface area contributed by atoms with Crippen molar-refractivity contribution < 1.29 is 9.53 Å². The first-order chi connectivity index (χ1) is 12.2. The Morgan fingerprint density at radius 1 is 1.04 bits per heavy atom. The van der Waals surface area contributed by atoms with Crippen LogP contribution in [0.1, 0.15) is 30.1 Å². The van der Waals surface area contributed by atoms with Crippen LogP contribution in [0.5, 0.6) is 11.5 Å². The Morgan fingerprint density at radius 2 is 1.76 bits per heavy atom. The highest BCUT2D eigenvalue weighted by Crippen LogP contribution is 2.32. The van der Waals surface area contributed by atoms with E-state index in [0.717, 1.165) is 5.75 Å². The van der Waals surface area contributed by atoms with E-state index in [4.69, 9.17) is 4.74 Å². The molecular weight excluding hydrogens is 312 g/mol. The van der Waals surface area contributed by atoms with Crippen molar-refractivity contribution in [1.82, 2.24) is 10.2 Å². The van der Waals surface area contributed by atoms with Crippen molar-refractivity contribution >= 4 is 5.91 Å². The van der Waals surface area contributed by atoms with E-state index in [1.54, 1.807) is 0 Å². The van der Waals surface area contributed by atoms with E-state index in [2.05, 4.69) is 17.1 Å². The number of hydrogen-bond donors (Lipinski definition) is 1. The molecule has 3 saturated heterocycles. The summed E-state index contributed by atoms with van der Waals surface area (Å²) in [6.45, 7) is 4.56. The van der Waals surface area contributed by atoms with Crippen LogP contribution in [0.4, 0.5) is 0 Å². The quantitative estimate of drug-likeness (QED) is 0.926. The number of para-hydroxylation sites is 1. The summed E-state index contributed by atoms with van der Waals surface area (Å²) in [5.74, 6) is 2.05. The first-order valence-electron chi connectivity index (χ1n) is 9.08. The molecule has 25 heavy (non-hydrogen) atoms. The lowest BCUT2D eigenvalue weighted by Crippen LogP contribution is -2.62. The monoisotopic (exact) mass is 336 g/mol. The Hall–Kier alpha value is -2.33. The molecular formula is C21H24N2O2. The molecule has 0 saturated carbocycles. The van der Waals surface area contributed by atoms with Gasteiger partial charge in [0.05, 0.1) is 0 Å². The SMILES string of the molecule is C[C@H]1[C@H](NC(=O)c2cccc(Oc3ccccc3)c2)C2CCN1CC2. The molecule has 0 aliphatic carbocycles. The third-order valence-electron chi connectivity index (χ3n) is 5.55. The zero-order valence-corrected chi connectivity index (χ0v) is 14.5. The molecule has 0 aromatic heterocycles. The van der Waals surface area contributed by atoms with Crippen LogP contribution < -0.4 is 10.1 Å². The Labute approximate surface area is 148 Å². The van der Waals surface area contributed by atoms with E-state index in [-0.39, 0.29) is 11.9 Å². The number of fused-ring (bicyclic) bond motifs is 3. The lowest BCUT2D eigenvalue weighted by molar-refractivity contribution is 0.0217. The summed E-state index contributed by atoms with van der Waals surface area (Å²) in [5.41, 5.74) is 0.650. The van der Waals surface area contributed by atoms with Crippen LogP contribution in [0, 0.1) is 5.92 Å².